The van der Waals surface area contributed by atoms with Crippen LogP contribution >= 0.6 is 15.9 Å². The molecule has 1 saturated heterocycles. The van der Waals surface area contributed by atoms with Gasteiger partial charge in [0, 0.05) is 30.1 Å². The molecule has 1 aromatic rings. The summed E-state index contributed by atoms with van der Waals surface area (Å²) >= 11 is 3.62. The number of likely N-dealkylation sites (tertiary alicyclic amines) is 1. The molecule has 0 radical (unpaired) electrons. The van der Waals surface area contributed by atoms with Crippen LogP contribution in [-0.4, -0.2) is 42.3 Å². The van der Waals surface area contributed by atoms with E-state index in [0.717, 1.165) is 36.9 Å². The number of nitrogens with zero attached hydrogens (tertiary/aromatic N) is 1. The first-order valence-corrected chi connectivity index (χ1v) is 7.67. The first-order valence-electron chi connectivity index (χ1n) is 6.88. The lowest BCUT2D eigenvalue weighted by Gasteiger charge is -2.23. The van der Waals surface area contributed by atoms with Crippen molar-refractivity contribution in [3.63, 3.8) is 0 Å². The summed E-state index contributed by atoms with van der Waals surface area (Å²) in [6.07, 6.45) is 1.93. The van der Waals surface area contributed by atoms with E-state index < -0.39 is 5.60 Å². The number of rotatable bonds is 5. The highest BCUT2D eigenvalue weighted by atomic mass is 79.9. The summed E-state index contributed by atoms with van der Waals surface area (Å²) in [4.78, 5) is 2.35. The van der Waals surface area contributed by atoms with Crippen LogP contribution in [0.25, 0.3) is 0 Å². The first kappa shape index (κ1) is 15.0. The van der Waals surface area contributed by atoms with Gasteiger partial charge in [0.15, 0.2) is 0 Å². The Labute approximate surface area is 124 Å². The summed E-state index contributed by atoms with van der Waals surface area (Å²) in [7, 11) is 2.00. The van der Waals surface area contributed by atoms with Gasteiger partial charge in [-0.3, -0.25) is 0 Å². The molecule has 106 valence electrons. The van der Waals surface area contributed by atoms with E-state index in [0.29, 0.717) is 6.04 Å². The Hall–Kier alpha value is -0.420. The Morgan fingerprint density at radius 1 is 1.47 bits per heavy atom. The van der Waals surface area contributed by atoms with Crippen molar-refractivity contribution in [2.45, 2.75) is 31.4 Å². The lowest BCUT2D eigenvalue weighted by atomic mass is 10.0. The molecule has 0 aliphatic carbocycles. The van der Waals surface area contributed by atoms with Gasteiger partial charge in [0.25, 0.3) is 0 Å². The van der Waals surface area contributed by atoms with Gasteiger partial charge in [-0.2, -0.15) is 0 Å². The van der Waals surface area contributed by atoms with E-state index in [4.69, 9.17) is 0 Å². The number of β-amino-alcohol motifs (C(OH)–C–C–N with tert-alkyl or cyclic N) is 1. The molecule has 1 aliphatic heterocycles. The number of hydrogen-bond donors (Lipinski definition) is 2. The largest absolute Gasteiger partial charge is 0.389 e. The monoisotopic (exact) mass is 326 g/mol. The third-order valence-electron chi connectivity index (χ3n) is 3.89. The van der Waals surface area contributed by atoms with E-state index in [1.807, 2.05) is 20.0 Å². The molecular weight excluding hydrogens is 304 g/mol. The Morgan fingerprint density at radius 2 is 2.21 bits per heavy atom. The van der Waals surface area contributed by atoms with Crippen LogP contribution in [0.4, 0.5) is 0 Å². The molecule has 0 amide bonds. The van der Waals surface area contributed by atoms with Crippen molar-refractivity contribution in [2.75, 3.05) is 26.7 Å². The Bertz CT molecular complexity index is 422. The smallest absolute Gasteiger partial charge is 0.0758 e. The van der Waals surface area contributed by atoms with Crippen LogP contribution < -0.4 is 5.32 Å². The highest BCUT2D eigenvalue weighted by Gasteiger charge is 2.31. The number of hydrogen-bond acceptors (Lipinski definition) is 3. The molecular formula is C15H23BrN2O. The number of aliphatic hydroxyl groups is 1. The van der Waals surface area contributed by atoms with Crippen LogP contribution in [0.2, 0.25) is 0 Å². The van der Waals surface area contributed by atoms with Gasteiger partial charge in [-0.05, 0) is 38.4 Å². The highest BCUT2D eigenvalue weighted by molar-refractivity contribution is 9.10. The van der Waals surface area contributed by atoms with Crippen LogP contribution in [0.1, 0.15) is 31.4 Å². The molecule has 2 atom stereocenters. The molecule has 1 heterocycles. The minimum Gasteiger partial charge on any atom is -0.389 e. The van der Waals surface area contributed by atoms with E-state index in [9.17, 15) is 5.11 Å². The molecule has 2 N–H and O–H groups in total. The standard InChI is InChI=1S/C15H23BrN2O/c1-15(19)8-10-18(11-15)9-7-14(17-2)12-5-3-4-6-13(12)16/h3-6,14,17,19H,7-11H2,1-2H3. The quantitative estimate of drug-likeness (QED) is 0.872. The summed E-state index contributed by atoms with van der Waals surface area (Å²) in [5, 5.41) is 13.4. The lowest BCUT2D eigenvalue weighted by Crippen LogP contribution is -2.31. The molecule has 2 rings (SSSR count). The third-order valence-corrected chi connectivity index (χ3v) is 4.62. The molecule has 2 unspecified atom stereocenters. The fraction of sp³-hybridized carbons (Fsp3) is 0.600. The molecule has 4 heteroatoms. The van der Waals surface area contributed by atoms with Crippen molar-refractivity contribution in [3.8, 4) is 0 Å². The highest BCUT2D eigenvalue weighted by Crippen LogP contribution is 2.27. The van der Waals surface area contributed by atoms with Crippen molar-refractivity contribution in [2.24, 2.45) is 0 Å². The predicted octanol–water partition coefficient (Wildman–Crippen LogP) is 2.56. The van der Waals surface area contributed by atoms with Crippen molar-refractivity contribution in [3.05, 3.63) is 34.3 Å². The zero-order valence-electron chi connectivity index (χ0n) is 11.7. The maximum absolute atomic E-state index is 9.98. The molecule has 0 aromatic heterocycles. The van der Waals surface area contributed by atoms with Gasteiger partial charge in [-0.15, -0.1) is 0 Å². The molecule has 0 bridgehead atoms. The fourth-order valence-electron chi connectivity index (χ4n) is 2.75. The second kappa shape index (κ2) is 6.35. The molecule has 0 saturated carbocycles. The van der Waals surface area contributed by atoms with Crippen molar-refractivity contribution in [1.82, 2.24) is 10.2 Å². The molecule has 19 heavy (non-hydrogen) atoms. The SMILES string of the molecule is CNC(CCN1CCC(C)(O)C1)c1ccccc1Br. The van der Waals surface area contributed by atoms with E-state index in [1.165, 1.54) is 5.56 Å². The molecule has 3 nitrogen and oxygen atoms in total. The van der Waals surface area contributed by atoms with E-state index in [1.54, 1.807) is 0 Å². The number of nitrogens with one attached hydrogen (secondary N) is 1. The van der Waals surface area contributed by atoms with Crippen LogP contribution in [0, 0.1) is 0 Å². The first-order chi connectivity index (χ1) is 9.02. The van der Waals surface area contributed by atoms with Crippen LogP contribution in [-0.2, 0) is 0 Å². The zero-order valence-corrected chi connectivity index (χ0v) is 13.3. The zero-order chi connectivity index (χ0) is 13.9. The average molecular weight is 327 g/mol. The summed E-state index contributed by atoms with van der Waals surface area (Å²) in [5.74, 6) is 0. The Kier molecular flexibility index (Phi) is 5.01. The fourth-order valence-corrected chi connectivity index (χ4v) is 3.32. The van der Waals surface area contributed by atoms with Gasteiger partial charge in [0.1, 0.15) is 0 Å². The maximum Gasteiger partial charge on any atom is 0.0758 e. The molecule has 1 aromatic carbocycles. The van der Waals surface area contributed by atoms with Gasteiger partial charge in [0.2, 0.25) is 0 Å². The van der Waals surface area contributed by atoms with Gasteiger partial charge in [-0.25, -0.2) is 0 Å². The Morgan fingerprint density at radius 3 is 2.79 bits per heavy atom. The van der Waals surface area contributed by atoms with Gasteiger partial charge < -0.3 is 15.3 Å². The summed E-state index contributed by atoms with van der Waals surface area (Å²) in [5.41, 5.74) is 0.804. The van der Waals surface area contributed by atoms with E-state index >= 15 is 0 Å². The van der Waals surface area contributed by atoms with Crippen LogP contribution in [0.5, 0.6) is 0 Å². The van der Waals surface area contributed by atoms with Gasteiger partial charge in [-0.1, -0.05) is 34.1 Å². The average Bonchev–Trinajstić information content (AvgIpc) is 2.72. The Balaban J connectivity index is 1.92. The van der Waals surface area contributed by atoms with Gasteiger partial charge >= 0.3 is 0 Å². The van der Waals surface area contributed by atoms with E-state index in [-0.39, 0.29) is 0 Å². The second-order valence-corrected chi connectivity index (χ2v) is 6.53. The minimum atomic E-state index is -0.498. The van der Waals surface area contributed by atoms with Crippen molar-refractivity contribution >= 4 is 15.9 Å². The lowest BCUT2D eigenvalue weighted by molar-refractivity contribution is 0.0683. The maximum atomic E-state index is 9.98. The molecule has 1 fully saturated rings. The summed E-state index contributed by atoms with van der Waals surface area (Å²) in [6.45, 7) is 4.73. The number of halogens is 1. The number of benzene rings is 1. The van der Waals surface area contributed by atoms with Crippen molar-refractivity contribution in [1.29, 1.82) is 0 Å². The van der Waals surface area contributed by atoms with Crippen LogP contribution in [0.3, 0.4) is 0 Å². The predicted molar refractivity (Wildman–Crippen MR) is 82.2 cm³/mol. The normalized spacial score (nSPS) is 25.7. The molecule has 1 aliphatic rings. The van der Waals surface area contributed by atoms with Crippen molar-refractivity contribution < 1.29 is 5.11 Å². The topological polar surface area (TPSA) is 35.5 Å². The summed E-state index contributed by atoms with van der Waals surface area (Å²) < 4.78 is 1.16. The van der Waals surface area contributed by atoms with Crippen LogP contribution in [0.15, 0.2) is 28.7 Å². The van der Waals surface area contributed by atoms with Gasteiger partial charge in [0.05, 0.1) is 5.60 Å². The minimum absolute atomic E-state index is 0.348. The third kappa shape index (κ3) is 4.02. The summed E-state index contributed by atoms with van der Waals surface area (Å²) in [6, 6.07) is 8.70. The van der Waals surface area contributed by atoms with E-state index in [2.05, 4.69) is 44.3 Å². The second-order valence-electron chi connectivity index (χ2n) is 5.67. The molecule has 0 spiro atoms.